The van der Waals surface area contributed by atoms with Crippen LogP contribution in [0.2, 0.25) is 0 Å². The van der Waals surface area contributed by atoms with Crippen molar-refractivity contribution in [3.05, 3.63) is 18.6 Å². The van der Waals surface area contributed by atoms with Gasteiger partial charge in [-0.1, -0.05) is 11.3 Å². The molecule has 7 heteroatoms. The lowest BCUT2D eigenvalue weighted by Crippen LogP contribution is -2.61. The maximum Gasteiger partial charge on any atom is 0.274 e. The minimum Gasteiger partial charge on any atom is -0.466 e. The molecule has 1 saturated carbocycles. The third-order valence-electron chi connectivity index (χ3n) is 5.61. The van der Waals surface area contributed by atoms with Crippen LogP contribution in [-0.2, 0) is 0 Å². The zero-order valence-corrected chi connectivity index (χ0v) is 14.4. The van der Waals surface area contributed by atoms with Gasteiger partial charge in [-0.3, -0.25) is 4.79 Å². The monoisotopic (exact) mass is 344 g/mol. The van der Waals surface area contributed by atoms with Crippen molar-refractivity contribution in [3.63, 3.8) is 0 Å². The summed E-state index contributed by atoms with van der Waals surface area (Å²) in [5.74, 6) is 2.10. The molecule has 2 aromatic heterocycles. The highest BCUT2D eigenvalue weighted by molar-refractivity contribution is 7.16. The Balaban J connectivity index is 1.33. The Morgan fingerprint density at radius 1 is 1.25 bits per heavy atom. The van der Waals surface area contributed by atoms with Crippen molar-refractivity contribution in [2.24, 2.45) is 17.8 Å². The molecular weight excluding hydrogens is 324 g/mol. The van der Waals surface area contributed by atoms with Crippen LogP contribution in [0.15, 0.2) is 18.6 Å². The maximum atomic E-state index is 11.4. The van der Waals surface area contributed by atoms with Gasteiger partial charge in [0.15, 0.2) is 0 Å². The molecule has 126 valence electrons. The van der Waals surface area contributed by atoms with Gasteiger partial charge >= 0.3 is 0 Å². The summed E-state index contributed by atoms with van der Waals surface area (Å²) in [5.41, 5.74) is 0.911. The summed E-state index contributed by atoms with van der Waals surface area (Å²) < 4.78 is 7.68. The molecule has 4 bridgehead atoms. The van der Waals surface area contributed by atoms with E-state index >= 15 is 0 Å². The van der Waals surface area contributed by atoms with Gasteiger partial charge in [0.05, 0.1) is 11.1 Å². The molecule has 0 aromatic carbocycles. The Hall–Kier alpha value is -1.73. The van der Waals surface area contributed by atoms with Crippen LogP contribution in [0, 0.1) is 17.8 Å². The van der Waals surface area contributed by atoms with Gasteiger partial charge in [-0.15, -0.1) is 0 Å². The van der Waals surface area contributed by atoms with Gasteiger partial charge in [-0.2, -0.15) is 5.10 Å². The molecule has 0 radical (unpaired) electrons. The number of carbonyl (C=O) groups excluding carboxylic acids is 1. The highest BCUT2D eigenvalue weighted by Gasteiger charge is 2.48. The summed E-state index contributed by atoms with van der Waals surface area (Å²) in [4.78, 5) is 19.4. The molecule has 2 unspecified atom stereocenters. The first-order chi connectivity index (χ1) is 11.7. The third kappa shape index (κ3) is 2.38. The number of aromatic nitrogens is 3. The molecule has 3 aliphatic heterocycles. The number of nitrogens with zero attached hydrogens (tertiary/aromatic N) is 4. The number of ether oxygens (including phenoxy) is 1. The second-order valence-electron chi connectivity index (χ2n) is 7.34. The molecule has 24 heavy (non-hydrogen) atoms. The summed E-state index contributed by atoms with van der Waals surface area (Å²) in [6.45, 7) is 5.16. The van der Waals surface area contributed by atoms with E-state index in [2.05, 4.69) is 15.0 Å². The van der Waals surface area contributed by atoms with E-state index in [1.807, 2.05) is 6.20 Å². The normalized spacial score (nSPS) is 33.8. The minimum atomic E-state index is -0.0918. The minimum absolute atomic E-state index is 0.0918. The Morgan fingerprint density at radius 2 is 2.04 bits per heavy atom. The van der Waals surface area contributed by atoms with E-state index in [-0.39, 0.29) is 5.91 Å². The molecule has 4 fully saturated rings. The zero-order valence-electron chi connectivity index (χ0n) is 13.6. The van der Waals surface area contributed by atoms with Gasteiger partial charge in [-0.25, -0.2) is 9.67 Å². The fraction of sp³-hybridized carbons (Fsp3) is 0.588. The summed E-state index contributed by atoms with van der Waals surface area (Å²) in [5, 5.41) is 4.82. The van der Waals surface area contributed by atoms with E-state index in [9.17, 15) is 4.79 Å². The number of hydrogen-bond donors (Lipinski definition) is 0. The average molecular weight is 344 g/mol. The Labute approximate surface area is 144 Å². The highest BCUT2D eigenvalue weighted by Crippen LogP contribution is 2.45. The van der Waals surface area contributed by atoms with Crippen LogP contribution >= 0.6 is 11.3 Å². The van der Waals surface area contributed by atoms with Crippen LogP contribution in [0.1, 0.15) is 24.6 Å². The fourth-order valence-corrected chi connectivity index (χ4v) is 5.52. The lowest BCUT2D eigenvalue weighted by Gasteiger charge is -2.55. The van der Waals surface area contributed by atoms with Crippen LogP contribution < -0.4 is 4.74 Å². The first-order valence-corrected chi connectivity index (χ1v) is 9.38. The van der Waals surface area contributed by atoms with E-state index in [1.165, 1.54) is 44.1 Å². The Bertz CT molecular complexity index is 755. The van der Waals surface area contributed by atoms with E-state index in [4.69, 9.17) is 4.74 Å². The van der Waals surface area contributed by atoms with Crippen molar-refractivity contribution in [3.8, 4) is 15.6 Å². The van der Waals surface area contributed by atoms with Crippen LogP contribution in [0.5, 0.6) is 5.19 Å². The van der Waals surface area contributed by atoms with Gasteiger partial charge < -0.3 is 9.64 Å². The predicted octanol–water partition coefficient (Wildman–Crippen LogP) is 2.39. The van der Waals surface area contributed by atoms with E-state index in [0.29, 0.717) is 17.9 Å². The lowest BCUT2D eigenvalue weighted by atomic mass is 9.66. The Morgan fingerprint density at radius 3 is 2.71 bits per heavy atom. The van der Waals surface area contributed by atoms with Gasteiger partial charge in [0, 0.05) is 56.4 Å². The zero-order chi connectivity index (χ0) is 16.3. The molecule has 6 rings (SSSR count). The molecule has 6 nitrogen and oxygen atoms in total. The fourth-order valence-electron chi connectivity index (χ4n) is 4.74. The first kappa shape index (κ1) is 14.6. The molecule has 2 aromatic rings. The van der Waals surface area contributed by atoms with Crippen LogP contribution in [0.3, 0.4) is 0 Å². The number of carbonyl (C=O) groups is 1. The molecule has 4 aliphatic rings. The predicted molar refractivity (Wildman–Crippen MR) is 90.2 cm³/mol. The average Bonchev–Trinajstić information content (AvgIpc) is 3.19. The van der Waals surface area contributed by atoms with Crippen molar-refractivity contribution in [2.45, 2.75) is 25.9 Å². The topological polar surface area (TPSA) is 60.3 Å². The molecule has 0 spiro atoms. The van der Waals surface area contributed by atoms with Crippen LogP contribution in [0.4, 0.5) is 0 Å². The van der Waals surface area contributed by atoms with Crippen LogP contribution in [-0.4, -0.2) is 51.3 Å². The third-order valence-corrected chi connectivity index (χ3v) is 6.55. The van der Waals surface area contributed by atoms with Crippen LogP contribution in [0.25, 0.3) is 10.4 Å². The number of rotatable bonds is 3. The van der Waals surface area contributed by atoms with Crippen molar-refractivity contribution < 1.29 is 9.53 Å². The van der Waals surface area contributed by atoms with Gasteiger partial charge in [0.25, 0.3) is 5.19 Å². The molecular formula is C17H20N4O2S. The van der Waals surface area contributed by atoms with Crippen molar-refractivity contribution in [1.82, 2.24) is 19.7 Å². The van der Waals surface area contributed by atoms with Gasteiger partial charge in [-0.05, 0) is 18.8 Å². The second kappa shape index (κ2) is 5.39. The summed E-state index contributed by atoms with van der Waals surface area (Å²) >= 11 is 1.54. The van der Waals surface area contributed by atoms with E-state index in [0.717, 1.165) is 21.6 Å². The maximum absolute atomic E-state index is 11.4. The second-order valence-corrected chi connectivity index (χ2v) is 8.33. The molecule has 3 saturated heterocycles. The summed E-state index contributed by atoms with van der Waals surface area (Å²) in [7, 11) is 0. The van der Waals surface area contributed by atoms with E-state index < -0.39 is 0 Å². The lowest BCUT2D eigenvalue weighted by molar-refractivity contribution is -0.0985. The SMILES string of the molecule is CC(=O)n1cc(-c2cnc(OC3C4CC5CC3CN(C5)C4)s2)cn1. The highest BCUT2D eigenvalue weighted by atomic mass is 32.1. The molecule has 1 aliphatic carbocycles. The molecule has 0 amide bonds. The molecule has 0 N–H and O–H groups in total. The molecule has 5 heterocycles. The first-order valence-electron chi connectivity index (χ1n) is 8.56. The Kier molecular flexibility index (Phi) is 3.28. The summed E-state index contributed by atoms with van der Waals surface area (Å²) in [6.07, 6.45) is 8.20. The van der Waals surface area contributed by atoms with Gasteiger partial charge in [0.2, 0.25) is 5.91 Å². The standard InChI is InChI=1S/C17H20N4O2S/c1-10(22)21-9-14(4-19-21)15-5-18-17(24-15)23-16-12-2-11-3-13(16)8-20(6-11)7-12/h4-5,9,11-13,16H,2-3,6-8H2,1H3. The van der Waals surface area contributed by atoms with E-state index in [1.54, 1.807) is 23.7 Å². The largest absolute Gasteiger partial charge is 0.466 e. The van der Waals surface area contributed by atoms with Crippen molar-refractivity contribution in [1.29, 1.82) is 0 Å². The molecule has 2 atom stereocenters. The number of hydrogen-bond acceptors (Lipinski definition) is 6. The number of piperidine rings is 3. The quantitative estimate of drug-likeness (QED) is 0.856. The van der Waals surface area contributed by atoms with Crippen molar-refractivity contribution >= 4 is 17.2 Å². The van der Waals surface area contributed by atoms with Crippen molar-refractivity contribution in [2.75, 3.05) is 19.6 Å². The number of thiazole rings is 1. The summed E-state index contributed by atoms with van der Waals surface area (Å²) in [6, 6.07) is 0. The van der Waals surface area contributed by atoms with Gasteiger partial charge in [0.1, 0.15) is 6.10 Å². The smallest absolute Gasteiger partial charge is 0.274 e.